The Morgan fingerprint density at radius 2 is 1.87 bits per heavy atom. The fraction of sp³-hybridized carbons (Fsp3) is 0.409. The van der Waals surface area contributed by atoms with Crippen LogP contribution in [0.3, 0.4) is 0 Å². The second-order valence-corrected chi connectivity index (χ2v) is 8.25. The highest BCUT2D eigenvalue weighted by Gasteiger charge is 2.28. The van der Waals surface area contributed by atoms with Crippen LogP contribution in [-0.2, 0) is 6.54 Å². The Balaban J connectivity index is 1.28. The molecule has 8 nitrogen and oxygen atoms in total. The smallest absolute Gasteiger partial charge is 0.231 e. The van der Waals surface area contributed by atoms with Gasteiger partial charge >= 0.3 is 0 Å². The lowest BCUT2D eigenvalue weighted by atomic mass is 10.1. The molecule has 2 aliphatic heterocycles. The first-order valence-electron chi connectivity index (χ1n) is 10.6. The van der Waals surface area contributed by atoms with Crippen LogP contribution in [0.2, 0.25) is 5.02 Å². The lowest BCUT2D eigenvalue weighted by molar-refractivity contribution is 0.169. The van der Waals surface area contributed by atoms with Gasteiger partial charge in [-0.1, -0.05) is 30.7 Å². The number of piperazine rings is 1. The lowest BCUT2D eigenvalue weighted by Crippen LogP contribution is -2.48. The van der Waals surface area contributed by atoms with Gasteiger partial charge in [-0.3, -0.25) is 4.90 Å². The van der Waals surface area contributed by atoms with Gasteiger partial charge < -0.3 is 14.4 Å². The van der Waals surface area contributed by atoms with E-state index in [0.717, 1.165) is 60.5 Å². The number of halogens is 1. The molecule has 0 unspecified atom stereocenters. The van der Waals surface area contributed by atoms with Crippen LogP contribution in [0.25, 0.3) is 0 Å². The molecule has 0 saturated carbocycles. The highest BCUT2D eigenvalue weighted by atomic mass is 35.5. The third-order valence-electron chi connectivity index (χ3n) is 5.94. The summed E-state index contributed by atoms with van der Waals surface area (Å²) in [7, 11) is 0. The highest BCUT2D eigenvalue weighted by molar-refractivity contribution is 6.30. The minimum atomic E-state index is 0.172. The van der Waals surface area contributed by atoms with Gasteiger partial charge in [-0.2, -0.15) is 0 Å². The molecule has 0 aliphatic carbocycles. The molecule has 0 amide bonds. The van der Waals surface area contributed by atoms with Gasteiger partial charge in [-0.15, -0.1) is 5.10 Å². The van der Waals surface area contributed by atoms with Crippen LogP contribution in [-0.4, -0.2) is 58.1 Å². The lowest BCUT2D eigenvalue weighted by Gasteiger charge is -2.39. The topological polar surface area (TPSA) is 68.5 Å². The first kappa shape index (κ1) is 20.1. The summed E-state index contributed by atoms with van der Waals surface area (Å²) in [5.41, 5.74) is 2.26. The van der Waals surface area contributed by atoms with E-state index in [0.29, 0.717) is 6.54 Å². The predicted octanol–water partition coefficient (Wildman–Crippen LogP) is 3.38. The monoisotopic (exact) mass is 440 g/mol. The Kier molecular flexibility index (Phi) is 5.65. The van der Waals surface area contributed by atoms with Crippen molar-refractivity contribution < 1.29 is 9.47 Å². The second-order valence-electron chi connectivity index (χ2n) is 7.81. The number of anilines is 1. The number of aromatic nitrogens is 4. The first-order valence-corrected chi connectivity index (χ1v) is 11.0. The van der Waals surface area contributed by atoms with Gasteiger partial charge in [-0.05, 0) is 52.7 Å². The van der Waals surface area contributed by atoms with Crippen LogP contribution < -0.4 is 14.4 Å². The molecule has 9 heteroatoms. The average Bonchev–Trinajstić information content (AvgIpc) is 3.44. The molecule has 0 radical (unpaired) electrons. The Morgan fingerprint density at radius 3 is 2.68 bits per heavy atom. The van der Waals surface area contributed by atoms with Crippen LogP contribution in [0.15, 0.2) is 42.5 Å². The van der Waals surface area contributed by atoms with Crippen LogP contribution in [0.1, 0.15) is 30.8 Å². The van der Waals surface area contributed by atoms with E-state index < -0.39 is 0 Å². The number of ether oxygens (including phenoxy) is 2. The molecule has 1 saturated heterocycles. The summed E-state index contributed by atoms with van der Waals surface area (Å²) in [6.45, 7) is 6.84. The predicted molar refractivity (Wildman–Crippen MR) is 118 cm³/mol. The standard InChI is InChI=1S/C22H25ClN6O2/c1-2-19(28-10-8-27(9-11-28)18-5-3-4-17(23)13-18)22-24-25-26-29(22)14-16-6-7-20-21(12-16)31-15-30-20/h3-7,12-13,19H,2,8-11,14-15H2,1H3/t19-/m1/s1. The van der Waals surface area contributed by atoms with Crippen LogP contribution in [0.4, 0.5) is 5.69 Å². The van der Waals surface area contributed by atoms with Crippen molar-refractivity contribution in [1.29, 1.82) is 0 Å². The van der Waals surface area contributed by atoms with Crippen LogP contribution in [0.5, 0.6) is 11.5 Å². The molecule has 0 N–H and O–H groups in total. The number of benzene rings is 2. The molecule has 1 atom stereocenters. The minimum absolute atomic E-state index is 0.172. The quantitative estimate of drug-likeness (QED) is 0.582. The molecule has 2 aromatic carbocycles. The second kappa shape index (κ2) is 8.72. The number of rotatable bonds is 6. The van der Waals surface area contributed by atoms with Crippen molar-refractivity contribution in [2.75, 3.05) is 37.9 Å². The zero-order valence-corrected chi connectivity index (χ0v) is 18.2. The van der Waals surface area contributed by atoms with Crippen molar-refractivity contribution in [3.8, 4) is 11.5 Å². The van der Waals surface area contributed by atoms with Gasteiger partial charge in [0.05, 0.1) is 12.6 Å². The van der Waals surface area contributed by atoms with Gasteiger partial charge in [0.2, 0.25) is 6.79 Å². The largest absolute Gasteiger partial charge is 0.454 e. The van der Waals surface area contributed by atoms with E-state index in [4.69, 9.17) is 21.1 Å². The van der Waals surface area contributed by atoms with Gasteiger partial charge in [0, 0.05) is 36.9 Å². The summed E-state index contributed by atoms with van der Waals surface area (Å²) in [4.78, 5) is 4.85. The maximum Gasteiger partial charge on any atom is 0.231 e. The Morgan fingerprint density at radius 1 is 1.03 bits per heavy atom. The van der Waals surface area contributed by atoms with Crippen molar-refractivity contribution in [3.63, 3.8) is 0 Å². The summed E-state index contributed by atoms with van der Waals surface area (Å²) >= 11 is 6.17. The molecule has 0 bridgehead atoms. The number of tetrazole rings is 1. The molecule has 31 heavy (non-hydrogen) atoms. The molecule has 3 aromatic rings. The van der Waals surface area contributed by atoms with E-state index in [9.17, 15) is 0 Å². The Labute approximate surface area is 186 Å². The van der Waals surface area contributed by atoms with Crippen molar-refractivity contribution in [2.45, 2.75) is 25.9 Å². The van der Waals surface area contributed by atoms with Gasteiger partial charge in [0.25, 0.3) is 0 Å². The van der Waals surface area contributed by atoms with Crippen molar-refractivity contribution in [2.24, 2.45) is 0 Å². The number of nitrogens with zero attached hydrogens (tertiary/aromatic N) is 6. The molecule has 0 spiro atoms. The normalized spacial score (nSPS) is 17.2. The molecule has 2 aliphatic rings. The van der Waals surface area contributed by atoms with E-state index in [1.54, 1.807) is 0 Å². The first-order chi connectivity index (χ1) is 15.2. The summed E-state index contributed by atoms with van der Waals surface area (Å²) in [5.74, 6) is 2.46. The molecule has 5 rings (SSSR count). The minimum Gasteiger partial charge on any atom is -0.454 e. The maximum atomic E-state index is 6.17. The zero-order chi connectivity index (χ0) is 21.2. The molecule has 3 heterocycles. The zero-order valence-electron chi connectivity index (χ0n) is 17.4. The fourth-order valence-electron chi connectivity index (χ4n) is 4.34. The van der Waals surface area contributed by atoms with E-state index in [1.165, 1.54) is 5.69 Å². The number of hydrogen-bond acceptors (Lipinski definition) is 7. The molecular weight excluding hydrogens is 416 g/mol. The molecular formula is C22H25ClN6O2. The molecule has 162 valence electrons. The average molecular weight is 441 g/mol. The Bertz CT molecular complexity index is 1050. The summed E-state index contributed by atoms with van der Waals surface area (Å²) < 4.78 is 12.8. The number of hydrogen-bond donors (Lipinski definition) is 0. The van der Waals surface area contributed by atoms with Crippen LogP contribution in [0, 0.1) is 0 Å². The van der Waals surface area contributed by atoms with Crippen LogP contribution >= 0.6 is 11.6 Å². The van der Waals surface area contributed by atoms with E-state index in [2.05, 4.69) is 38.3 Å². The molecule has 1 fully saturated rings. The van der Waals surface area contributed by atoms with E-state index in [-0.39, 0.29) is 12.8 Å². The van der Waals surface area contributed by atoms with Gasteiger partial charge in [0.1, 0.15) is 0 Å². The van der Waals surface area contributed by atoms with E-state index >= 15 is 0 Å². The van der Waals surface area contributed by atoms with Gasteiger partial charge in [0.15, 0.2) is 17.3 Å². The number of fused-ring (bicyclic) bond motifs is 1. The summed E-state index contributed by atoms with van der Waals surface area (Å²) in [5, 5.41) is 13.4. The Hall–Kier alpha value is -2.84. The van der Waals surface area contributed by atoms with Gasteiger partial charge in [-0.25, -0.2) is 4.68 Å². The van der Waals surface area contributed by atoms with Crippen molar-refractivity contribution in [3.05, 3.63) is 58.9 Å². The third-order valence-corrected chi connectivity index (χ3v) is 6.18. The van der Waals surface area contributed by atoms with Crippen molar-refractivity contribution in [1.82, 2.24) is 25.1 Å². The summed E-state index contributed by atoms with van der Waals surface area (Å²) in [6, 6.07) is 14.2. The maximum absolute atomic E-state index is 6.17. The van der Waals surface area contributed by atoms with Crippen molar-refractivity contribution >= 4 is 17.3 Å². The summed E-state index contributed by atoms with van der Waals surface area (Å²) in [6.07, 6.45) is 0.943. The fourth-order valence-corrected chi connectivity index (χ4v) is 4.53. The van der Waals surface area contributed by atoms with E-state index in [1.807, 2.05) is 41.1 Å². The highest BCUT2D eigenvalue weighted by Crippen LogP contribution is 2.33. The molecule has 1 aromatic heterocycles. The SMILES string of the molecule is CC[C@H](c1nnnn1Cc1ccc2c(c1)OCO2)N1CCN(c2cccc(Cl)c2)CC1. The third kappa shape index (κ3) is 4.18.